The van der Waals surface area contributed by atoms with Crippen LogP contribution in [0.15, 0.2) is 42.7 Å². The van der Waals surface area contributed by atoms with Crippen LogP contribution in [0.25, 0.3) is 22.2 Å². The molecule has 5 nitrogen and oxygen atoms in total. The highest BCUT2D eigenvalue weighted by Gasteiger charge is 2.28. The molecule has 0 unspecified atom stereocenters. The summed E-state index contributed by atoms with van der Waals surface area (Å²) in [6.45, 7) is 5.09. The van der Waals surface area contributed by atoms with Gasteiger partial charge in [0, 0.05) is 23.4 Å². The summed E-state index contributed by atoms with van der Waals surface area (Å²) >= 11 is 0. The molecule has 0 atom stereocenters. The molecular formula is C21H22N4O. The number of benzene rings is 1. The van der Waals surface area contributed by atoms with Gasteiger partial charge < -0.3 is 15.0 Å². The van der Waals surface area contributed by atoms with Crippen molar-refractivity contribution in [1.82, 2.24) is 15.3 Å². The Morgan fingerprint density at radius 2 is 1.96 bits per heavy atom. The van der Waals surface area contributed by atoms with Gasteiger partial charge in [0.2, 0.25) is 0 Å². The molecule has 1 fully saturated rings. The molecule has 4 rings (SSSR count). The molecule has 5 heteroatoms. The van der Waals surface area contributed by atoms with Crippen LogP contribution < -0.4 is 10.1 Å². The molecule has 2 aromatic heterocycles. The maximum absolute atomic E-state index is 9.00. The Hall–Kier alpha value is -2.84. The molecule has 26 heavy (non-hydrogen) atoms. The van der Waals surface area contributed by atoms with Gasteiger partial charge in [-0.3, -0.25) is 0 Å². The van der Waals surface area contributed by atoms with Crippen LogP contribution in [0, 0.1) is 16.7 Å². The number of hydrogen-bond donors (Lipinski definition) is 2. The van der Waals surface area contributed by atoms with Gasteiger partial charge in [0.1, 0.15) is 11.4 Å². The second kappa shape index (κ2) is 6.81. The van der Waals surface area contributed by atoms with Crippen molar-refractivity contribution in [2.24, 2.45) is 5.41 Å². The number of H-pyrrole nitrogens is 1. The van der Waals surface area contributed by atoms with Gasteiger partial charge >= 0.3 is 0 Å². The molecule has 3 heterocycles. The average molecular weight is 346 g/mol. The van der Waals surface area contributed by atoms with Crippen LogP contribution in [0.4, 0.5) is 0 Å². The summed E-state index contributed by atoms with van der Waals surface area (Å²) in [4.78, 5) is 7.67. The third kappa shape index (κ3) is 3.16. The number of aromatic amines is 1. The highest BCUT2D eigenvalue weighted by Crippen LogP contribution is 2.36. The van der Waals surface area contributed by atoms with Crippen molar-refractivity contribution < 1.29 is 4.74 Å². The van der Waals surface area contributed by atoms with E-state index in [4.69, 9.17) is 10.00 Å². The summed E-state index contributed by atoms with van der Waals surface area (Å²) in [6, 6.07) is 11.7. The number of nitrogens with zero attached hydrogens (tertiary/aromatic N) is 2. The standard InChI is InChI=1S/C21H22N4O/c1-21(7-10-23-11-8-21)14-26-18-6-9-24-20-19(18)17(13-25-20)16-4-2-15(12-22)3-5-16/h2-6,9,13,23H,7-8,10-11,14H2,1H3,(H,24,25). The van der Waals surface area contributed by atoms with Crippen LogP contribution in [-0.4, -0.2) is 29.7 Å². The molecule has 3 aromatic rings. The maximum Gasteiger partial charge on any atom is 0.141 e. The number of nitriles is 1. The fourth-order valence-electron chi connectivity index (χ4n) is 3.53. The van der Waals surface area contributed by atoms with Crippen LogP contribution >= 0.6 is 0 Å². The summed E-state index contributed by atoms with van der Waals surface area (Å²) in [5, 5.41) is 13.4. The number of hydrogen-bond acceptors (Lipinski definition) is 4. The van der Waals surface area contributed by atoms with Gasteiger partial charge in [0.15, 0.2) is 0 Å². The largest absolute Gasteiger partial charge is 0.492 e. The normalized spacial score (nSPS) is 16.3. The van der Waals surface area contributed by atoms with E-state index in [0.29, 0.717) is 12.2 Å². The SMILES string of the molecule is CC1(COc2ccnc3[nH]cc(-c4ccc(C#N)cc4)c23)CCNCC1. The quantitative estimate of drug-likeness (QED) is 0.752. The lowest BCUT2D eigenvalue weighted by molar-refractivity contribution is 0.124. The van der Waals surface area contributed by atoms with Gasteiger partial charge in [-0.15, -0.1) is 0 Å². The van der Waals surface area contributed by atoms with Gasteiger partial charge in [0.05, 0.1) is 23.6 Å². The Morgan fingerprint density at radius 3 is 2.69 bits per heavy atom. The number of nitrogens with one attached hydrogen (secondary N) is 2. The van der Waals surface area contributed by atoms with E-state index >= 15 is 0 Å². The van der Waals surface area contributed by atoms with Crippen LogP contribution in [0.5, 0.6) is 5.75 Å². The Balaban J connectivity index is 1.67. The van der Waals surface area contributed by atoms with E-state index in [-0.39, 0.29) is 5.41 Å². The summed E-state index contributed by atoms with van der Waals surface area (Å²) in [6.07, 6.45) is 5.98. The minimum Gasteiger partial charge on any atom is -0.492 e. The van der Waals surface area contributed by atoms with E-state index in [1.807, 2.05) is 36.5 Å². The second-order valence-electron chi connectivity index (χ2n) is 7.27. The first-order valence-corrected chi connectivity index (χ1v) is 8.99. The summed E-state index contributed by atoms with van der Waals surface area (Å²) < 4.78 is 6.29. The van der Waals surface area contributed by atoms with E-state index in [1.165, 1.54) is 0 Å². The van der Waals surface area contributed by atoms with Crippen molar-refractivity contribution in [3.8, 4) is 22.9 Å². The van der Waals surface area contributed by atoms with Gasteiger partial charge in [-0.25, -0.2) is 4.98 Å². The highest BCUT2D eigenvalue weighted by atomic mass is 16.5. The van der Waals surface area contributed by atoms with Crippen molar-refractivity contribution >= 4 is 11.0 Å². The number of fused-ring (bicyclic) bond motifs is 1. The van der Waals surface area contributed by atoms with Crippen LogP contribution in [-0.2, 0) is 0 Å². The molecule has 1 saturated heterocycles. The Labute approximate surface area is 153 Å². The first kappa shape index (κ1) is 16.6. The number of rotatable bonds is 4. The van der Waals surface area contributed by atoms with Gasteiger partial charge in [-0.2, -0.15) is 5.26 Å². The fraction of sp³-hybridized carbons (Fsp3) is 0.333. The van der Waals surface area contributed by atoms with Gasteiger partial charge in [-0.1, -0.05) is 19.1 Å². The van der Waals surface area contributed by atoms with E-state index in [2.05, 4.69) is 28.3 Å². The minimum atomic E-state index is 0.200. The molecule has 0 radical (unpaired) electrons. The van der Waals surface area contributed by atoms with E-state index in [1.54, 1.807) is 6.20 Å². The zero-order valence-corrected chi connectivity index (χ0v) is 14.9. The molecule has 1 aliphatic rings. The fourth-order valence-corrected chi connectivity index (χ4v) is 3.53. The number of ether oxygens (including phenoxy) is 1. The molecule has 0 aliphatic carbocycles. The zero-order chi connectivity index (χ0) is 18.0. The Bertz CT molecular complexity index is 946. The van der Waals surface area contributed by atoms with Crippen molar-refractivity contribution in [1.29, 1.82) is 5.26 Å². The van der Waals surface area contributed by atoms with Crippen molar-refractivity contribution in [3.05, 3.63) is 48.3 Å². The lowest BCUT2D eigenvalue weighted by Crippen LogP contribution is -2.38. The van der Waals surface area contributed by atoms with Crippen LogP contribution in [0.2, 0.25) is 0 Å². The lowest BCUT2D eigenvalue weighted by atomic mass is 9.82. The predicted octanol–water partition coefficient (Wildman–Crippen LogP) is 3.87. The minimum absolute atomic E-state index is 0.200. The molecule has 1 aromatic carbocycles. The molecular weight excluding hydrogens is 324 g/mol. The summed E-state index contributed by atoms with van der Waals surface area (Å²) in [5.74, 6) is 0.857. The topological polar surface area (TPSA) is 73.7 Å². The first-order chi connectivity index (χ1) is 12.7. The molecule has 0 amide bonds. The summed E-state index contributed by atoms with van der Waals surface area (Å²) in [5.41, 5.74) is 3.76. The van der Waals surface area contributed by atoms with E-state index in [9.17, 15) is 0 Å². The predicted molar refractivity (Wildman–Crippen MR) is 102 cm³/mol. The number of pyridine rings is 1. The van der Waals surface area contributed by atoms with E-state index < -0.39 is 0 Å². The average Bonchev–Trinajstić information content (AvgIpc) is 3.12. The van der Waals surface area contributed by atoms with Gasteiger partial charge in [0.25, 0.3) is 0 Å². The second-order valence-corrected chi connectivity index (χ2v) is 7.27. The van der Waals surface area contributed by atoms with Crippen molar-refractivity contribution in [3.63, 3.8) is 0 Å². The van der Waals surface area contributed by atoms with Crippen molar-refractivity contribution in [2.75, 3.05) is 19.7 Å². The van der Waals surface area contributed by atoms with Gasteiger partial charge in [-0.05, 0) is 49.7 Å². The Kier molecular flexibility index (Phi) is 4.36. The van der Waals surface area contributed by atoms with Crippen LogP contribution in [0.1, 0.15) is 25.3 Å². The molecule has 0 saturated carbocycles. The van der Waals surface area contributed by atoms with E-state index in [0.717, 1.165) is 53.8 Å². The molecule has 0 bridgehead atoms. The van der Waals surface area contributed by atoms with Crippen molar-refractivity contribution in [2.45, 2.75) is 19.8 Å². The van der Waals surface area contributed by atoms with Crippen LogP contribution in [0.3, 0.4) is 0 Å². The number of aromatic nitrogens is 2. The number of piperidine rings is 1. The maximum atomic E-state index is 9.00. The smallest absolute Gasteiger partial charge is 0.141 e. The first-order valence-electron chi connectivity index (χ1n) is 8.99. The molecule has 2 N–H and O–H groups in total. The molecule has 0 spiro atoms. The summed E-state index contributed by atoms with van der Waals surface area (Å²) in [7, 11) is 0. The highest BCUT2D eigenvalue weighted by molar-refractivity contribution is 5.98. The third-order valence-corrected chi connectivity index (χ3v) is 5.25. The molecule has 132 valence electrons. The lowest BCUT2D eigenvalue weighted by Gasteiger charge is -2.33. The third-order valence-electron chi connectivity index (χ3n) is 5.25. The zero-order valence-electron chi connectivity index (χ0n) is 14.9. The molecule has 1 aliphatic heterocycles. The monoisotopic (exact) mass is 346 g/mol. The Morgan fingerprint density at radius 1 is 1.19 bits per heavy atom.